The van der Waals surface area contributed by atoms with E-state index in [0.717, 1.165) is 31.5 Å². The summed E-state index contributed by atoms with van der Waals surface area (Å²) in [5.74, 6) is -5.11. The molecule has 0 bridgehead atoms. The number of carbonyl (C=O) groups is 4. The lowest BCUT2D eigenvalue weighted by Gasteiger charge is -2.40. The number of amides is 1. The Balaban J connectivity index is 0.000000315. The molecule has 1 amide bonds. The molecule has 0 saturated carbocycles. The molecule has 14 heteroatoms. The van der Waals surface area contributed by atoms with Crippen molar-refractivity contribution < 1.29 is 54.6 Å². The highest BCUT2D eigenvalue weighted by Gasteiger charge is 2.43. The van der Waals surface area contributed by atoms with E-state index in [2.05, 4.69) is 29.2 Å². The van der Waals surface area contributed by atoms with Crippen molar-refractivity contribution >= 4 is 35.4 Å². The van der Waals surface area contributed by atoms with Crippen LogP contribution in [0.25, 0.3) is 0 Å². The summed E-state index contributed by atoms with van der Waals surface area (Å²) in [6, 6.07) is 13.4. The van der Waals surface area contributed by atoms with E-state index >= 15 is 0 Å². The maximum absolute atomic E-state index is 13.4. The normalized spacial score (nSPS) is 19.6. The second kappa shape index (κ2) is 14.8. The predicted octanol–water partition coefficient (Wildman–Crippen LogP) is 2.07. The number of nitrogens with zero attached hydrogens (tertiary/aromatic N) is 2. The maximum Gasteiger partial charge on any atom is 0.336 e. The zero-order valence-corrected chi connectivity index (χ0v) is 25.9. The fraction of sp³-hybridized carbons (Fsp3) is 0.500. The number of carbonyl (C=O) groups excluding carboxylic acids is 1. The lowest BCUT2D eigenvalue weighted by Crippen LogP contribution is -2.47. The monoisotopic (exact) mass is 662 g/mol. The highest BCUT2D eigenvalue weighted by molar-refractivity contribution is 6.31. The van der Waals surface area contributed by atoms with Crippen LogP contribution in [-0.2, 0) is 42.5 Å². The number of phenols is 1. The maximum atomic E-state index is 13.4. The van der Waals surface area contributed by atoms with Gasteiger partial charge >= 0.3 is 17.9 Å². The van der Waals surface area contributed by atoms with Gasteiger partial charge in [-0.05, 0) is 60.6 Å². The molecule has 2 fully saturated rings. The molecule has 2 atom stereocenters. The number of carboxylic acid groups (broad SMARTS) is 3. The van der Waals surface area contributed by atoms with Gasteiger partial charge in [-0.2, -0.15) is 0 Å². The van der Waals surface area contributed by atoms with Gasteiger partial charge in [-0.15, -0.1) is 0 Å². The summed E-state index contributed by atoms with van der Waals surface area (Å²) >= 11 is 6.39. The minimum absolute atomic E-state index is 0.0497. The van der Waals surface area contributed by atoms with Crippen molar-refractivity contribution in [2.24, 2.45) is 5.92 Å². The molecule has 6 N–H and O–H groups in total. The molecule has 5 rings (SSSR count). The molecule has 3 aliphatic heterocycles. The van der Waals surface area contributed by atoms with Gasteiger partial charge in [-0.25, -0.2) is 4.79 Å². The minimum atomic E-state index is -2.74. The smallest absolute Gasteiger partial charge is 0.336 e. The van der Waals surface area contributed by atoms with Crippen molar-refractivity contribution in [2.45, 2.75) is 62.4 Å². The Morgan fingerprint density at radius 1 is 1.00 bits per heavy atom. The number of piperidine rings is 1. The molecule has 0 aromatic heterocycles. The summed E-state index contributed by atoms with van der Waals surface area (Å²) in [5, 5.41) is 54.3. The number of hydrogen-bond donors (Lipinski definition) is 6. The van der Waals surface area contributed by atoms with E-state index in [1.165, 1.54) is 11.1 Å². The quantitative estimate of drug-likeness (QED) is 0.216. The Kier molecular flexibility index (Phi) is 11.3. The van der Waals surface area contributed by atoms with Crippen LogP contribution in [0.4, 0.5) is 0 Å². The largest absolute Gasteiger partial charge is 0.508 e. The van der Waals surface area contributed by atoms with Crippen molar-refractivity contribution in [3.8, 4) is 5.75 Å². The Labute approximate surface area is 270 Å². The number of carboxylic acids is 3. The van der Waals surface area contributed by atoms with Crippen LogP contribution in [0, 0.1) is 5.92 Å². The Morgan fingerprint density at radius 3 is 2.24 bits per heavy atom. The molecular weight excluding hydrogens is 624 g/mol. The number of aliphatic hydroxyl groups is 2. The molecule has 3 aliphatic rings. The molecule has 13 nitrogen and oxygen atoms in total. The molecule has 2 saturated heterocycles. The van der Waals surface area contributed by atoms with Crippen molar-refractivity contribution in [2.75, 3.05) is 32.7 Å². The van der Waals surface area contributed by atoms with Crippen LogP contribution in [-0.4, -0.2) is 109 Å². The number of aliphatic carboxylic acids is 3. The highest BCUT2D eigenvalue weighted by Crippen LogP contribution is 2.44. The van der Waals surface area contributed by atoms with Gasteiger partial charge in [-0.1, -0.05) is 35.9 Å². The van der Waals surface area contributed by atoms with E-state index in [1.807, 2.05) is 0 Å². The number of likely N-dealkylation sites (tertiary alicyclic amines) is 2. The number of benzene rings is 2. The fourth-order valence-corrected chi connectivity index (χ4v) is 6.53. The van der Waals surface area contributed by atoms with E-state index in [1.54, 1.807) is 23.1 Å². The van der Waals surface area contributed by atoms with Crippen molar-refractivity contribution in [3.63, 3.8) is 0 Å². The number of aromatic hydroxyl groups is 1. The first-order chi connectivity index (χ1) is 21.7. The van der Waals surface area contributed by atoms with Crippen LogP contribution in [0.2, 0.25) is 5.02 Å². The van der Waals surface area contributed by atoms with Crippen molar-refractivity contribution in [1.29, 1.82) is 0 Å². The number of rotatable bonds is 10. The number of halogens is 1. The molecule has 2 aromatic carbocycles. The molecule has 2 aromatic rings. The third-order valence-corrected chi connectivity index (χ3v) is 9.13. The summed E-state index contributed by atoms with van der Waals surface area (Å²) < 4.78 is 6.30. The van der Waals surface area contributed by atoms with Crippen LogP contribution in [0.3, 0.4) is 0 Å². The van der Waals surface area contributed by atoms with Crippen LogP contribution in [0.15, 0.2) is 42.5 Å². The molecule has 1 unspecified atom stereocenters. The molecule has 1 spiro atoms. The van der Waals surface area contributed by atoms with Gasteiger partial charge in [0.25, 0.3) is 0 Å². The van der Waals surface area contributed by atoms with E-state index in [-0.39, 0.29) is 23.2 Å². The lowest BCUT2D eigenvalue weighted by atomic mass is 9.83. The van der Waals surface area contributed by atoms with Crippen LogP contribution < -0.4 is 0 Å². The van der Waals surface area contributed by atoms with E-state index in [0.29, 0.717) is 44.1 Å². The highest BCUT2D eigenvalue weighted by atomic mass is 35.5. The average molecular weight is 663 g/mol. The van der Waals surface area contributed by atoms with Crippen LogP contribution in [0.1, 0.15) is 48.8 Å². The standard InChI is InChI=1S/C26H31ClN2O4.C6H8O7/c27-24-6-5-21(30)14-19(24)13-20(25(32)29-10-7-22(31)16-29)15-28-11-8-26(9-12-28)23-4-2-1-3-18(23)17-33-26;7-3(8)1-6(13,5(11)12)2-4(9)10/h1-6,14,20,22,30-31H,7-13,15-17H2;13H,1-2H2,(H,7,8)(H,9,10)(H,11,12)/t20?,22-;/m0./s1. The third-order valence-electron chi connectivity index (χ3n) is 8.76. The molecule has 250 valence electrons. The molecule has 3 heterocycles. The first-order valence-corrected chi connectivity index (χ1v) is 15.4. The van der Waals surface area contributed by atoms with Crippen LogP contribution in [0.5, 0.6) is 5.75 Å². The van der Waals surface area contributed by atoms with Crippen LogP contribution >= 0.6 is 11.6 Å². The first-order valence-electron chi connectivity index (χ1n) is 15.0. The predicted molar refractivity (Wildman–Crippen MR) is 163 cm³/mol. The number of β-amino-alcohol motifs (C(OH)–C–C–N with tert-alkyl or cyclic N) is 1. The number of hydrogen-bond acceptors (Lipinski definition) is 9. The molecule has 0 aliphatic carbocycles. The van der Waals surface area contributed by atoms with Gasteiger partial charge in [0.15, 0.2) is 5.60 Å². The summed E-state index contributed by atoms with van der Waals surface area (Å²) in [7, 11) is 0. The number of phenolic OH excluding ortho intramolecular Hbond substituents is 1. The van der Waals surface area contributed by atoms with Gasteiger partial charge in [0.1, 0.15) is 5.75 Å². The summed E-state index contributed by atoms with van der Waals surface area (Å²) in [4.78, 5) is 48.0. The third kappa shape index (κ3) is 8.53. The SMILES string of the molecule is O=C(C(Cc1cc(O)ccc1Cl)CN1CCC2(CC1)OCc1ccccc12)N1CC[C@H](O)C1.O=C(O)CC(O)(CC(=O)O)C(=O)O. The van der Waals surface area contributed by atoms with Gasteiger partial charge in [0.05, 0.1) is 37.1 Å². The zero-order valence-electron chi connectivity index (χ0n) is 25.2. The average Bonchev–Trinajstić information content (AvgIpc) is 3.59. The van der Waals surface area contributed by atoms with Crippen molar-refractivity contribution in [1.82, 2.24) is 9.80 Å². The van der Waals surface area contributed by atoms with E-state index < -0.39 is 42.5 Å². The van der Waals surface area contributed by atoms with Gasteiger partial charge < -0.3 is 45.2 Å². The zero-order chi connectivity index (χ0) is 33.6. The number of ether oxygens (including phenoxy) is 1. The Hall–Kier alpha value is -3.75. The Bertz CT molecular complexity index is 1430. The lowest BCUT2D eigenvalue weighted by molar-refractivity contribution is -0.170. The molecular formula is C32H39ClN2O11. The van der Waals surface area contributed by atoms with Gasteiger partial charge in [0, 0.05) is 37.7 Å². The minimum Gasteiger partial charge on any atom is -0.508 e. The Morgan fingerprint density at radius 2 is 1.65 bits per heavy atom. The molecule has 0 radical (unpaired) electrons. The molecule has 46 heavy (non-hydrogen) atoms. The summed E-state index contributed by atoms with van der Waals surface area (Å²) in [6.07, 6.45) is 0.144. The number of fused-ring (bicyclic) bond motifs is 2. The summed E-state index contributed by atoms with van der Waals surface area (Å²) in [6.45, 7) is 3.97. The van der Waals surface area contributed by atoms with Gasteiger partial charge in [0.2, 0.25) is 5.91 Å². The topological polar surface area (TPSA) is 205 Å². The second-order valence-corrected chi connectivity index (χ2v) is 12.5. The van der Waals surface area contributed by atoms with E-state index in [9.17, 15) is 29.4 Å². The second-order valence-electron chi connectivity index (χ2n) is 12.1. The summed E-state index contributed by atoms with van der Waals surface area (Å²) in [5.41, 5.74) is 0.425. The van der Waals surface area contributed by atoms with E-state index in [4.69, 9.17) is 36.8 Å². The first kappa shape index (κ1) is 35.1. The van der Waals surface area contributed by atoms with Gasteiger partial charge in [-0.3, -0.25) is 14.4 Å². The number of aliphatic hydroxyl groups excluding tert-OH is 1. The fourth-order valence-electron chi connectivity index (χ4n) is 6.33. The van der Waals surface area contributed by atoms with Crippen molar-refractivity contribution in [3.05, 3.63) is 64.2 Å².